The summed E-state index contributed by atoms with van der Waals surface area (Å²) in [6, 6.07) is 13.0. The van der Waals surface area contributed by atoms with E-state index in [9.17, 15) is 25.2 Å². The van der Waals surface area contributed by atoms with Crippen LogP contribution in [0.4, 0.5) is 0 Å². The molecule has 1 amide bonds. The van der Waals surface area contributed by atoms with Crippen molar-refractivity contribution in [3.63, 3.8) is 0 Å². The van der Waals surface area contributed by atoms with Crippen LogP contribution in [0.3, 0.4) is 0 Å². The van der Waals surface area contributed by atoms with Crippen LogP contribution in [-0.2, 0) is 32.9 Å². The van der Waals surface area contributed by atoms with Gasteiger partial charge < -0.3 is 40.0 Å². The molecule has 1 saturated heterocycles. The third kappa shape index (κ3) is 10.0. The molecule has 1 aromatic heterocycles. The first-order valence-electron chi connectivity index (χ1n) is 18.2. The number of morpholine rings is 1. The standard InChI is InChI=1S/C39H49Cl2N3O8/c40-31-20-26(24-51-39(12-13-39)30-21-42-14-11-28(30)29-6-2-3-7-35(29)52-27-9-10-27)32(41)19-25(31)5-1-4-8-36(47)43-33(22-44-15-17-50-18-16-44)37(48)38(49)34(46)23-45/h2-3,6-7,11,14,19-21,27,33-34,37-38,45-46,48-49H,1,4-5,8-10,12-13,15-18,22-24H2,(H,43,47). The van der Waals surface area contributed by atoms with Crippen molar-refractivity contribution in [2.45, 2.75) is 94.0 Å². The predicted octanol–water partition coefficient (Wildman–Crippen LogP) is 4.41. The van der Waals surface area contributed by atoms with Gasteiger partial charge in [-0.1, -0.05) is 41.4 Å². The van der Waals surface area contributed by atoms with E-state index in [0.717, 1.165) is 59.3 Å². The van der Waals surface area contributed by atoms with Gasteiger partial charge in [0, 0.05) is 59.6 Å². The molecule has 13 heteroatoms. The van der Waals surface area contributed by atoms with Gasteiger partial charge in [0.1, 0.15) is 24.1 Å². The number of aliphatic hydroxyl groups excluding tert-OH is 4. The van der Waals surface area contributed by atoms with Crippen LogP contribution >= 0.6 is 23.2 Å². The van der Waals surface area contributed by atoms with Gasteiger partial charge in [-0.3, -0.25) is 14.7 Å². The minimum Gasteiger partial charge on any atom is -0.490 e. The Balaban J connectivity index is 1.02. The predicted molar refractivity (Wildman–Crippen MR) is 197 cm³/mol. The summed E-state index contributed by atoms with van der Waals surface area (Å²) in [6.07, 6.45) is 5.29. The first kappa shape index (κ1) is 38.9. The molecule has 0 bridgehead atoms. The highest BCUT2D eigenvalue weighted by Gasteiger charge is 2.48. The molecule has 282 valence electrons. The molecule has 6 rings (SSSR count). The average Bonchev–Trinajstić information content (AvgIpc) is 4.11. The summed E-state index contributed by atoms with van der Waals surface area (Å²) < 4.78 is 18.2. The number of halogens is 2. The maximum absolute atomic E-state index is 12.9. The number of nitrogens with one attached hydrogen (secondary N) is 1. The van der Waals surface area contributed by atoms with Crippen LogP contribution in [0.2, 0.25) is 10.0 Å². The zero-order valence-electron chi connectivity index (χ0n) is 29.3. The summed E-state index contributed by atoms with van der Waals surface area (Å²) >= 11 is 13.5. The number of pyridine rings is 1. The second-order valence-corrected chi connectivity index (χ2v) is 14.9. The summed E-state index contributed by atoms with van der Waals surface area (Å²) in [5.41, 5.74) is 4.32. The van der Waals surface area contributed by atoms with Crippen molar-refractivity contribution in [1.82, 2.24) is 15.2 Å². The van der Waals surface area contributed by atoms with E-state index in [1.807, 2.05) is 47.5 Å². The molecular formula is C39H49Cl2N3O8. The quantitative estimate of drug-likeness (QED) is 0.111. The molecule has 3 fully saturated rings. The van der Waals surface area contributed by atoms with Crippen molar-refractivity contribution in [3.8, 4) is 16.9 Å². The lowest BCUT2D eigenvalue weighted by molar-refractivity contribution is -0.126. The lowest BCUT2D eigenvalue weighted by atomic mass is 9.96. The van der Waals surface area contributed by atoms with E-state index in [0.29, 0.717) is 55.6 Å². The Kier molecular flexibility index (Phi) is 13.4. The van der Waals surface area contributed by atoms with Crippen molar-refractivity contribution < 1.29 is 39.4 Å². The highest BCUT2D eigenvalue weighted by Crippen LogP contribution is 2.53. The normalized spacial score (nSPS) is 19.4. The molecule has 4 unspecified atom stereocenters. The van der Waals surface area contributed by atoms with Gasteiger partial charge in [0.25, 0.3) is 0 Å². The lowest BCUT2D eigenvalue weighted by Crippen LogP contribution is -2.57. The van der Waals surface area contributed by atoms with Crippen molar-refractivity contribution in [1.29, 1.82) is 0 Å². The monoisotopic (exact) mass is 757 g/mol. The second kappa shape index (κ2) is 18.0. The van der Waals surface area contributed by atoms with Gasteiger partial charge in [0.05, 0.1) is 44.2 Å². The molecular weight excluding hydrogens is 709 g/mol. The molecule has 2 aliphatic carbocycles. The summed E-state index contributed by atoms with van der Waals surface area (Å²) in [4.78, 5) is 19.4. The number of aliphatic hydroxyl groups is 4. The van der Waals surface area contributed by atoms with Crippen molar-refractivity contribution in [3.05, 3.63) is 81.6 Å². The Morgan fingerprint density at radius 2 is 1.73 bits per heavy atom. The van der Waals surface area contributed by atoms with Crippen LogP contribution < -0.4 is 10.1 Å². The van der Waals surface area contributed by atoms with Crippen LogP contribution in [0, 0.1) is 0 Å². The van der Waals surface area contributed by atoms with Gasteiger partial charge in [-0.25, -0.2) is 0 Å². The Bertz CT molecular complexity index is 1650. The number of aryl methyl sites for hydroxylation is 1. The first-order valence-corrected chi connectivity index (χ1v) is 19.0. The van der Waals surface area contributed by atoms with E-state index in [4.69, 9.17) is 37.4 Å². The molecule has 52 heavy (non-hydrogen) atoms. The first-order chi connectivity index (χ1) is 25.2. The summed E-state index contributed by atoms with van der Waals surface area (Å²) in [5.74, 6) is 0.588. The van der Waals surface area contributed by atoms with Gasteiger partial charge in [0.15, 0.2) is 0 Å². The van der Waals surface area contributed by atoms with E-state index in [1.54, 1.807) is 6.20 Å². The molecule has 3 aromatic rings. The molecule has 1 aliphatic heterocycles. The summed E-state index contributed by atoms with van der Waals surface area (Å²) in [6.45, 7) is 2.12. The minimum atomic E-state index is -1.62. The number of benzene rings is 2. The van der Waals surface area contributed by atoms with Gasteiger partial charge in [-0.15, -0.1) is 0 Å². The molecule has 2 aromatic carbocycles. The fraction of sp³-hybridized carbons (Fsp3) is 0.538. The second-order valence-electron chi connectivity index (χ2n) is 14.1. The van der Waals surface area contributed by atoms with Crippen LogP contribution in [0.1, 0.15) is 61.6 Å². The number of aromatic nitrogens is 1. The molecule has 11 nitrogen and oxygen atoms in total. The Morgan fingerprint density at radius 1 is 1.00 bits per heavy atom. The van der Waals surface area contributed by atoms with Gasteiger partial charge in [-0.2, -0.15) is 0 Å². The highest BCUT2D eigenvalue weighted by atomic mass is 35.5. The average molecular weight is 759 g/mol. The zero-order valence-corrected chi connectivity index (χ0v) is 30.8. The molecule has 0 radical (unpaired) electrons. The number of ether oxygens (including phenoxy) is 3. The van der Waals surface area contributed by atoms with Crippen molar-refractivity contribution >= 4 is 29.1 Å². The van der Waals surface area contributed by atoms with E-state index >= 15 is 0 Å². The van der Waals surface area contributed by atoms with Gasteiger partial charge in [0.2, 0.25) is 5.91 Å². The minimum absolute atomic E-state index is 0.192. The van der Waals surface area contributed by atoms with Crippen LogP contribution in [0.25, 0.3) is 11.1 Å². The van der Waals surface area contributed by atoms with E-state index in [-0.39, 0.29) is 31.6 Å². The third-order valence-electron chi connectivity index (χ3n) is 10.1. The molecule has 4 atom stereocenters. The van der Waals surface area contributed by atoms with E-state index in [1.165, 1.54) is 0 Å². The van der Waals surface area contributed by atoms with Gasteiger partial charge in [-0.05, 0) is 85.9 Å². The summed E-state index contributed by atoms with van der Waals surface area (Å²) in [5, 5.41) is 44.2. The molecule has 5 N–H and O–H groups in total. The zero-order chi connectivity index (χ0) is 36.7. The number of amides is 1. The maximum Gasteiger partial charge on any atom is 0.220 e. The largest absolute Gasteiger partial charge is 0.490 e. The number of hydrogen-bond acceptors (Lipinski definition) is 10. The highest BCUT2D eigenvalue weighted by molar-refractivity contribution is 6.34. The number of hydrogen-bond donors (Lipinski definition) is 5. The third-order valence-corrected chi connectivity index (χ3v) is 10.8. The number of nitrogens with zero attached hydrogens (tertiary/aromatic N) is 2. The van der Waals surface area contributed by atoms with Gasteiger partial charge >= 0.3 is 0 Å². The molecule has 2 saturated carbocycles. The van der Waals surface area contributed by atoms with Crippen LogP contribution in [0.15, 0.2) is 54.9 Å². The fourth-order valence-corrected chi connectivity index (χ4v) is 7.18. The number of carbonyl (C=O) groups excluding carboxylic acids is 1. The molecule has 2 heterocycles. The van der Waals surface area contributed by atoms with Crippen molar-refractivity contribution in [2.75, 3.05) is 39.5 Å². The molecule has 0 spiro atoms. The number of rotatable bonds is 19. The van der Waals surface area contributed by atoms with Crippen LogP contribution in [0.5, 0.6) is 5.75 Å². The Hall–Kier alpha value is -2.84. The number of carbonyl (C=O) groups is 1. The SMILES string of the molecule is O=C(CCCCc1cc(Cl)c(COC2(c3cnccc3-c3ccccc3OC3CC3)CC2)cc1Cl)NC(CN1CCOCC1)C(O)C(O)C(O)CO. The topological polar surface area (TPSA) is 154 Å². The van der Waals surface area contributed by atoms with E-state index < -0.39 is 36.6 Å². The maximum atomic E-state index is 12.9. The number of para-hydroxylation sites is 1. The molecule has 3 aliphatic rings. The Labute approximate surface area is 314 Å². The smallest absolute Gasteiger partial charge is 0.220 e. The lowest BCUT2D eigenvalue weighted by Gasteiger charge is -2.35. The summed E-state index contributed by atoms with van der Waals surface area (Å²) in [7, 11) is 0. The fourth-order valence-electron chi connectivity index (χ4n) is 6.66. The Morgan fingerprint density at radius 3 is 2.46 bits per heavy atom. The van der Waals surface area contributed by atoms with E-state index in [2.05, 4.69) is 16.4 Å². The van der Waals surface area contributed by atoms with Crippen molar-refractivity contribution in [2.24, 2.45) is 0 Å². The van der Waals surface area contributed by atoms with Crippen LogP contribution in [-0.4, -0.2) is 106 Å². The number of unbranched alkanes of at least 4 members (excludes halogenated alkanes) is 1.